The molecule has 0 N–H and O–H groups in total. The van der Waals surface area contributed by atoms with Gasteiger partial charge in [-0.1, -0.05) is 5.16 Å². The van der Waals surface area contributed by atoms with E-state index in [0.717, 1.165) is 12.0 Å². The second-order valence-corrected chi connectivity index (χ2v) is 8.14. The van der Waals surface area contributed by atoms with Crippen LogP contribution in [0.2, 0.25) is 0 Å². The molecule has 11 heteroatoms. The van der Waals surface area contributed by atoms with Gasteiger partial charge in [-0.3, -0.25) is 9.58 Å². The highest BCUT2D eigenvalue weighted by molar-refractivity contribution is 7.89. The largest absolute Gasteiger partial charge is 0.363 e. The summed E-state index contributed by atoms with van der Waals surface area (Å²) in [5.74, 6) is 0. The smallest absolute Gasteiger partial charge is 0.324 e. The van der Waals surface area contributed by atoms with Crippen LogP contribution in [0.25, 0.3) is 0 Å². The number of anilines is 1. The summed E-state index contributed by atoms with van der Waals surface area (Å²) >= 11 is 0. The summed E-state index contributed by atoms with van der Waals surface area (Å²) in [6.07, 6.45) is 6.43. The maximum atomic E-state index is 12.5. The third kappa shape index (κ3) is 2.68. The molecule has 2 fully saturated rings. The molecule has 1 unspecified atom stereocenters. The lowest BCUT2D eigenvalue weighted by Gasteiger charge is -2.15. The molecule has 4 heterocycles. The third-order valence-electron chi connectivity index (χ3n) is 4.66. The van der Waals surface area contributed by atoms with Crippen LogP contribution in [-0.4, -0.2) is 71.8 Å². The lowest BCUT2D eigenvalue weighted by molar-refractivity contribution is 0.229. The van der Waals surface area contributed by atoms with Gasteiger partial charge >= 0.3 is 6.03 Å². The van der Waals surface area contributed by atoms with Crippen LogP contribution in [-0.2, 0) is 10.0 Å². The van der Waals surface area contributed by atoms with E-state index >= 15 is 0 Å². The van der Waals surface area contributed by atoms with E-state index in [1.54, 1.807) is 33.9 Å². The molecule has 0 bridgehead atoms. The lowest BCUT2D eigenvalue weighted by atomic mass is 10.3. The average molecular weight is 366 g/mol. The highest BCUT2D eigenvalue weighted by Crippen LogP contribution is 2.28. The Morgan fingerprint density at radius 1 is 1.24 bits per heavy atom. The molecule has 0 aliphatic carbocycles. The zero-order valence-electron chi connectivity index (χ0n) is 13.6. The molecule has 0 saturated carbocycles. The Morgan fingerprint density at radius 2 is 2.08 bits per heavy atom. The monoisotopic (exact) mass is 366 g/mol. The lowest BCUT2D eigenvalue weighted by Crippen LogP contribution is -2.29. The number of urea groups is 1. The summed E-state index contributed by atoms with van der Waals surface area (Å²) in [7, 11) is -1.84. The predicted octanol–water partition coefficient (Wildman–Crippen LogP) is 0.379. The Morgan fingerprint density at radius 3 is 2.76 bits per heavy atom. The number of rotatable bonds is 4. The third-order valence-corrected chi connectivity index (χ3v) is 6.47. The van der Waals surface area contributed by atoms with Crippen molar-refractivity contribution in [3.8, 4) is 0 Å². The molecule has 2 amide bonds. The molecule has 2 aromatic heterocycles. The number of carbonyl (C=O) groups excluding carboxylic acids is 1. The van der Waals surface area contributed by atoms with Gasteiger partial charge in [0.1, 0.15) is 11.2 Å². The van der Waals surface area contributed by atoms with Gasteiger partial charge in [-0.05, 0) is 6.42 Å². The fourth-order valence-electron chi connectivity index (χ4n) is 3.17. The summed E-state index contributed by atoms with van der Waals surface area (Å²) < 4.78 is 32.8. The first-order valence-electron chi connectivity index (χ1n) is 7.93. The fourth-order valence-corrected chi connectivity index (χ4v) is 4.52. The summed E-state index contributed by atoms with van der Waals surface area (Å²) in [5, 5.41) is 7.79. The Hall–Kier alpha value is -2.40. The van der Waals surface area contributed by atoms with E-state index in [1.807, 2.05) is 0 Å². The van der Waals surface area contributed by atoms with E-state index in [1.165, 1.54) is 10.5 Å². The van der Waals surface area contributed by atoms with E-state index in [0.29, 0.717) is 32.6 Å². The van der Waals surface area contributed by atoms with Crippen molar-refractivity contribution >= 4 is 21.7 Å². The first kappa shape index (κ1) is 16.1. The number of hydrogen-bond donors (Lipinski definition) is 0. The maximum Gasteiger partial charge on any atom is 0.324 e. The van der Waals surface area contributed by atoms with Crippen molar-refractivity contribution in [3.05, 3.63) is 24.9 Å². The number of carbonyl (C=O) groups is 1. The van der Waals surface area contributed by atoms with Gasteiger partial charge in [0, 0.05) is 39.4 Å². The topological polar surface area (TPSA) is 105 Å². The first-order valence-corrected chi connectivity index (χ1v) is 9.37. The van der Waals surface area contributed by atoms with Crippen molar-refractivity contribution < 1.29 is 17.7 Å². The molecule has 10 nitrogen and oxygen atoms in total. The minimum absolute atomic E-state index is 0.0531. The zero-order valence-corrected chi connectivity index (χ0v) is 14.5. The van der Waals surface area contributed by atoms with Crippen molar-refractivity contribution in [1.82, 2.24) is 24.1 Å². The van der Waals surface area contributed by atoms with E-state index in [4.69, 9.17) is 0 Å². The molecule has 0 spiro atoms. The van der Waals surface area contributed by atoms with Crippen molar-refractivity contribution in [2.24, 2.45) is 0 Å². The molecule has 134 valence electrons. The van der Waals surface area contributed by atoms with Gasteiger partial charge in [-0.15, -0.1) is 0 Å². The maximum absolute atomic E-state index is 12.5. The van der Waals surface area contributed by atoms with Gasteiger partial charge in [0.25, 0.3) is 0 Å². The van der Waals surface area contributed by atoms with Crippen LogP contribution in [0.15, 0.2) is 34.3 Å². The summed E-state index contributed by atoms with van der Waals surface area (Å²) in [4.78, 5) is 15.4. The molecular weight excluding hydrogens is 348 g/mol. The van der Waals surface area contributed by atoms with Crippen molar-refractivity contribution in [1.29, 1.82) is 0 Å². The van der Waals surface area contributed by atoms with Crippen LogP contribution in [0, 0.1) is 0 Å². The second-order valence-electron chi connectivity index (χ2n) is 6.20. The number of likely N-dealkylation sites (N-methyl/N-ethyl adjacent to an activating group) is 1. The van der Waals surface area contributed by atoms with Crippen LogP contribution >= 0.6 is 0 Å². The molecule has 4 rings (SSSR count). The van der Waals surface area contributed by atoms with Crippen LogP contribution in [0.4, 0.5) is 10.5 Å². The van der Waals surface area contributed by atoms with E-state index in [-0.39, 0.29) is 17.0 Å². The Kier molecular flexibility index (Phi) is 3.76. The van der Waals surface area contributed by atoms with Gasteiger partial charge in [0.15, 0.2) is 0 Å². The van der Waals surface area contributed by atoms with Crippen LogP contribution in [0.5, 0.6) is 0 Å². The Bertz CT molecular complexity index is 877. The average Bonchev–Trinajstić information content (AvgIpc) is 3.36. The van der Waals surface area contributed by atoms with Crippen LogP contribution < -0.4 is 4.90 Å². The molecule has 2 aromatic rings. The standard InChI is InChI=1S/C14H18N6O4S/c1-17-4-5-19(14(17)21)12-6-15-20(9-12)11-2-3-18(8-11)25(22,23)13-7-16-24-10-13/h6-7,9-11H,2-5,8H2,1H3. The molecular formula is C14H18N6O4S. The van der Waals surface area contributed by atoms with Crippen LogP contribution in [0.3, 0.4) is 0 Å². The Labute approximate surface area is 144 Å². The molecule has 0 aromatic carbocycles. The van der Waals surface area contributed by atoms with Gasteiger partial charge in [0.2, 0.25) is 10.0 Å². The van der Waals surface area contributed by atoms with Gasteiger partial charge < -0.3 is 9.42 Å². The van der Waals surface area contributed by atoms with E-state index in [2.05, 4.69) is 14.8 Å². The molecule has 2 aliphatic heterocycles. The molecule has 2 saturated heterocycles. The minimum Gasteiger partial charge on any atom is -0.363 e. The summed E-state index contributed by atoms with van der Waals surface area (Å²) in [6.45, 7) is 2.03. The number of hydrogen-bond acceptors (Lipinski definition) is 6. The highest BCUT2D eigenvalue weighted by atomic mass is 32.2. The fraction of sp³-hybridized carbons (Fsp3) is 0.500. The van der Waals surface area contributed by atoms with Crippen LogP contribution in [0.1, 0.15) is 12.5 Å². The number of sulfonamides is 1. The first-order chi connectivity index (χ1) is 12.0. The number of aromatic nitrogens is 3. The van der Waals surface area contributed by atoms with E-state index < -0.39 is 10.0 Å². The SMILES string of the molecule is CN1CCN(c2cnn(C3CCN(S(=O)(=O)c4cnoc4)C3)c2)C1=O. The second kappa shape index (κ2) is 5.85. The number of nitrogens with zero attached hydrogens (tertiary/aromatic N) is 6. The quantitative estimate of drug-likeness (QED) is 0.775. The van der Waals surface area contributed by atoms with Crippen molar-refractivity contribution in [3.63, 3.8) is 0 Å². The Balaban J connectivity index is 1.49. The van der Waals surface area contributed by atoms with Gasteiger partial charge in [-0.2, -0.15) is 9.40 Å². The van der Waals surface area contributed by atoms with Crippen molar-refractivity contribution in [2.45, 2.75) is 17.4 Å². The molecule has 1 atom stereocenters. The van der Waals surface area contributed by atoms with Crippen molar-refractivity contribution in [2.75, 3.05) is 38.1 Å². The van der Waals surface area contributed by atoms with E-state index in [9.17, 15) is 13.2 Å². The molecule has 25 heavy (non-hydrogen) atoms. The predicted molar refractivity (Wildman–Crippen MR) is 86.5 cm³/mol. The highest BCUT2D eigenvalue weighted by Gasteiger charge is 2.35. The zero-order chi connectivity index (χ0) is 17.6. The summed E-state index contributed by atoms with van der Waals surface area (Å²) in [5.41, 5.74) is 0.731. The van der Waals surface area contributed by atoms with Gasteiger partial charge in [0.05, 0.1) is 24.1 Å². The molecule has 2 aliphatic rings. The summed E-state index contributed by atoms with van der Waals surface area (Å²) in [6, 6.07) is -0.124. The normalized spacial score (nSPS) is 22.3. The van der Waals surface area contributed by atoms with Gasteiger partial charge in [-0.25, -0.2) is 13.2 Å². The number of amides is 2. The molecule has 0 radical (unpaired) electrons. The minimum atomic E-state index is -3.60.